The zero-order valence-electron chi connectivity index (χ0n) is 14.2. The zero-order chi connectivity index (χ0) is 15.4. The predicted octanol–water partition coefficient (Wildman–Crippen LogP) is 4.15. The summed E-state index contributed by atoms with van der Waals surface area (Å²) in [5.74, 6) is 0.903. The third-order valence-electron chi connectivity index (χ3n) is 5.50. The molecule has 0 heterocycles. The Morgan fingerprint density at radius 2 is 1.71 bits per heavy atom. The summed E-state index contributed by atoms with van der Waals surface area (Å²) >= 11 is 0. The van der Waals surface area contributed by atoms with Gasteiger partial charge in [-0.1, -0.05) is 38.1 Å². The Morgan fingerprint density at radius 1 is 1.14 bits per heavy atom. The van der Waals surface area contributed by atoms with E-state index in [-0.39, 0.29) is 6.04 Å². The molecule has 1 aliphatic carbocycles. The van der Waals surface area contributed by atoms with Gasteiger partial charge in [-0.3, -0.25) is 4.90 Å². The van der Waals surface area contributed by atoms with E-state index in [2.05, 4.69) is 57.0 Å². The van der Waals surface area contributed by atoms with E-state index in [9.17, 15) is 0 Å². The van der Waals surface area contributed by atoms with Crippen LogP contribution in [0.1, 0.15) is 63.6 Å². The first-order chi connectivity index (χ1) is 10.0. The Morgan fingerprint density at radius 3 is 2.24 bits per heavy atom. The summed E-state index contributed by atoms with van der Waals surface area (Å²) in [5.41, 5.74) is 9.17. The van der Waals surface area contributed by atoms with E-state index in [0.29, 0.717) is 12.1 Å². The summed E-state index contributed by atoms with van der Waals surface area (Å²) in [6.45, 7) is 6.84. The summed E-state index contributed by atoms with van der Waals surface area (Å²) in [6, 6.07) is 10.0. The molecule has 1 aliphatic rings. The van der Waals surface area contributed by atoms with Crippen LogP contribution in [0.5, 0.6) is 0 Å². The summed E-state index contributed by atoms with van der Waals surface area (Å²) in [4.78, 5) is 2.52. The van der Waals surface area contributed by atoms with Gasteiger partial charge in [0.05, 0.1) is 0 Å². The predicted molar refractivity (Wildman–Crippen MR) is 91.4 cm³/mol. The average molecular weight is 288 g/mol. The van der Waals surface area contributed by atoms with Gasteiger partial charge >= 0.3 is 0 Å². The van der Waals surface area contributed by atoms with E-state index < -0.39 is 0 Å². The summed E-state index contributed by atoms with van der Waals surface area (Å²) in [5, 5.41) is 0. The molecule has 2 rings (SSSR count). The van der Waals surface area contributed by atoms with E-state index >= 15 is 0 Å². The molecule has 2 N–H and O–H groups in total. The highest BCUT2D eigenvalue weighted by atomic mass is 15.2. The molecule has 0 radical (unpaired) electrons. The number of nitrogens with two attached hydrogens (primary N) is 1. The third-order valence-corrected chi connectivity index (χ3v) is 5.50. The number of likely N-dealkylation sites (N-methyl/N-ethyl adjacent to an activating group) is 1. The summed E-state index contributed by atoms with van der Waals surface area (Å²) in [6.07, 6.45) is 6.46. The first-order valence-corrected chi connectivity index (χ1v) is 8.59. The van der Waals surface area contributed by atoms with Crippen LogP contribution < -0.4 is 5.73 Å². The second-order valence-electron chi connectivity index (χ2n) is 6.94. The maximum absolute atomic E-state index is 6.52. The van der Waals surface area contributed by atoms with Gasteiger partial charge in [0, 0.05) is 18.1 Å². The molecule has 118 valence electrons. The van der Waals surface area contributed by atoms with Gasteiger partial charge in [-0.2, -0.15) is 0 Å². The standard InChI is InChI=1S/C19H32N2/c1-5-16-8-10-17(11-9-16)19(20)15(3)21(4)18-12-6-14(2)7-13-18/h8-11,14-15,18-19H,5-7,12-13,20H2,1-4H3. The van der Waals surface area contributed by atoms with Gasteiger partial charge in [0.2, 0.25) is 0 Å². The Bertz CT molecular complexity index is 418. The van der Waals surface area contributed by atoms with Gasteiger partial charge in [-0.05, 0) is 63.1 Å². The highest BCUT2D eigenvalue weighted by Gasteiger charge is 2.27. The van der Waals surface area contributed by atoms with Crippen molar-refractivity contribution in [1.29, 1.82) is 0 Å². The van der Waals surface area contributed by atoms with Crippen LogP contribution in [-0.4, -0.2) is 24.0 Å². The van der Waals surface area contributed by atoms with Crippen molar-refractivity contribution >= 4 is 0 Å². The van der Waals surface area contributed by atoms with Crippen molar-refractivity contribution in [2.75, 3.05) is 7.05 Å². The van der Waals surface area contributed by atoms with Crippen LogP contribution in [0.25, 0.3) is 0 Å². The second-order valence-corrected chi connectivity index (χ2v) is 6.94. The normalized spacial score (nSPS) is 25.8. The molecule has 0 amide bonds. The Balaban J connectivity index is 1.98. The first kappa shape index (κ1) is 16.5. The van der Waals surface area contributed by atoms with Gasteiger partial charge in [-0.15, -0.1) is 0 Å². The second kappa shape index (κ2) is 7.42. The molecule has 2 heteroatoms. The average Bonchev–Trinajstić information content (AvgIpc) is 2.53. The van der Waals surface area contributed by atoms with Gasteiger partial charge in [-0.25, -0.2) is 0 Å². The lowest BCUT2D eigenvalue weighted by Crippen LogP contribution is -2.45. The molecule has 1 aromatic rings. The van der Waals surface area contributed by atoms with Crippen molar-refractivity contribution in [3.8, 4) is 0 Å². The van der Waals surface area contributed by atoms with Crippen molar-refractivity contribution in [2.24, 2.45) is 11.7 Å². The molecular formula is C19H32N2. The Hall–Kier alpha value is -0.860. The van der Waals surface area contributed by atoms with Crippen molar-refractivity contribution < 1.29 is 0 Å². The van der Waals surface area contributed by atoms with Crippen LogP contribution >= 0.6 is 0 Å². The molecule has 2 atom stereocenters. The minimum absolute atomic E-state index is 0.0975. The minimum atomic E-state index is 0.0975. The van der Waals surface area contributed by atoms with Gasteiger partial charge < -0.3 is 5.73 Å². The van der Waals surface area contributed by atoms with Crippen LogP contribution in [0.15, 0.2) is 24.3 Å². The molecule has 1 fully saturated rings. The largest absolute Gasteiger partial charge is 0.323 e. The molecule has 2 nitrogen and oxygen atoms in total. The van der Waals surface area contributed by atoms with E-state index in [0.717, 1.165) is 12.3 Å². The fourth-order valence-electron chi connectivity index (χ4n) is 3.49. The topological polar surface area (TPSA) is 29.3 Å². The van der Waals surface area contributed by atoms with Crippen molar-refractivity contribution in [3.63, 3.8) is 0 Å². The molecule has 21 heavy (non-hydrogen) atoms. The first-order valence-electron chi connectivity index (χ1n) is 8.59. The monoisotopic (exact) mass is 288 g/mol. The summed E-state index contributed by atoms with van der Waals surface area (Å²) < 4.78 is 0. The molecule has 1 saturated carbocycles. The lowest BCUT2D eigenvalue weighted by molar-refractivity contribution is 0.117. The minimum Gasteiger partial charge on any atom is -0.323 e. The quantitative estimate of drug-likeness (QED) is 0.882. The van der Waals surface area contributed by atoms with Crippen LogP contribution in [-0.2, 0) is 6.42 Å². The van der Waals surface area contributed by atoms with E-state index in [1.165, 1.54) is 36.8 Å². The maximum Gasteiger partial charge on any atom is 0.0450 e. The SMILES string of the molecule is CCc1ccc(C(N)C(C)N(C)C2CCC(C)CC2)cc1. The zero-order valence-corrected chi connectivity index (χ0v) is 14.2. The molecule has 2 unspecified atom stereocenters. The maximum atomic E-state index is 6.52. The highest BCUT2D eigenvalue weighted by Crippen LogP contribution is 2.29. The number of aryl methyl sites for hydroxylation is 1. The van der Waals surface area contributed by atoms with Crippen LogP contribution in [0, 0.1) is 5.92 Å². The lowest BCUT2D eigenvalue weighted by atomic mass is 9.85. The number of hydrogen-bond donors (Lipinski definition) is 1. The van der Waals surface area contributed by atoms with Gasteiger partial charge in [0.25, 0.3) is 0 Å². The number of nitrogens with zero attached hydrogens (tertiary/aromatic N) is 1. The van der Waals surface area contributed by atoms with E-state index in [1.807, 2.05) is 0 Å². The smallest absolute Gasteiger partial charge is 0.0450 e. The molecule has 1 aromatic carbocycles. The van der Waals surface area contributed by atoms with Crippen molar-refractivity contribution in [2.45, 2.75) is 71.0 Å². The molecular weight excluding hydrogens is 256 g/mol. The lowest BCUT2D eigenvalue weighted by Gasteiger charge is -2.39. The van der Waals surface area contributed by atoms with Gasteiger partial charge in [0.15, 0.2) is 0 Å². The van der Waals surface area contributed by atoms with Crippen molar-refractivity contribution in [3.05, 3.63) is 35.4 Å². The Kier molecular flexibility index (Phi) is 5.83. The van der Waals surface area contributed by atoms with Crippen molar-refractivity contribution in [1.82, 2.24) is 4.90 Å². The van der Waals surface area contributed by atoms with E-state index in [4.69, 9.17) is 5.73 Å². The molecule has 0 aliphatic heterocycles. The highest BCUT2D eigenvalue weighted by molar-refractivity contribution is 5.25. The molecule has 0 saturated heterocycles. The fourth-order valence-corrected chi connectivity index (χ4v) is 3.49. The van der Waals surface area contributed by atoms with Crippen LogP contribution in [0.4, 0.5) is 0 Å². The molecule has 0 bridgehead atoms. The Labute approximate surface area is 130 Å². The molecule has 0 aromatic heterocycles. The molecule has 0 spiro atoms. The summed E-state index contributed by atoms with van der Waals surface area (Å²) in [7, 11) is 2.26. The third kappa shape index (κ3) is 4.08. The van der Waals surface area contributed by atoms with E-state index in [1.54, 1.807) is 0 Å². The van der Waals surface area contributed by atoms with Gasteiger partial charge in [0.1, 0.15) is 0 Å². The van der Waals surface area contributed by atoms with Crippen LogP contribution in [0.2, 0.25) is 0 Å². The number of rotatable bonds is 5. The number of benzene rings is 1. The van der Waals surface area contributed by atoms with Crippen LogP contribution in [0.3, 0.4) is 0 Å². The number of hydrogen-bond acceptors (Lipinski definition) is 2. The fraction of sp³-hybridized carbons (Fsp3) is 0.684.